The average molecular weight is 918 g/mol. The minimum absolute atomic E-state index is 0.0649. The van der Waals surface area contributed by atoms with Gasteiger partial charge in [0.15, 0.2) is 0 Å². The van der Waals surface area contributed by atoms with Crippen LogP contribution in [0.4, 0.5) is 0 Å². The van der Waals surface area contributed by atoms with Crippen molar-refractivity contribution in [2.24, 2.45) is 5.41 Å². The predicted octanol–water partition coefficient (Wildman–Crippen LogP) is 19.2. The van der Waals surface area contributed by atoms with Gasteiger partial charge in [0.05, 0.1) is 5.41 Å². The zero-order chi connectivity index (χ0) is 47.4. The molecule has 0 saturated carbocycles. The van der Waals surface area contributed by atoms with Gasteiger partial charge >= 0.3 is 17.9 Å². The monoisotopic (exact) mass is 917 g/mol. The number of rotatable bonds is 53. The lowest BCUT2D eigenvalue weighted by atomic mass is 9.94. The van der Waals surface area contributed by atoms with Crippen molar-refractivity contribution in [1.29, 1.82) is 0 Å². The Morgan fingerprint density at radius 2 is 0.477 bits per heavy atom. The molecule has 0 fully saturated rings. The van der Waals surface area contributed by atoms with Crippen molar-refractivity contribution >= 4 is 17.9 Å². The number of hydrogen-bond donors (Lipinski definition) is 0. The van der Waals surface area contributed by atoms with Crippen LogP contribution in [0.25, 0.3) is 0 Å². The summed E-state index contributed by atoms with van der Waals surface area (Å²) in [4.78, 5) is 38.4. The summed E-state index contributed by atoms with van der Waals surface area (Å²) in [7, 11) is 0. The van der Waals surface area contributed by atoms with E-state index in [0.717, 1.165) is 64.2 Å². The molecule has 6 heteroatoms. The van der Waals surface area contributed by atoms with Gasteiger partial charge < -0.3 is 14.2 Å². The van der Waals surface area contributed by atoms with E-state index in [1.807, 2.05) is 6.92 Å². The van der Waals surface area contributed by atoms with E-state index in [9.17, 15) is 14.4 Å². The van der Waals surface area contributed by atoms with Crippen molar-refractivity contribution < 1.29 is 28.6 Å². The highest BCUT2D eigenvalue weighted by molar-refractivity contribution is 5.70. The Bertz CT molecular complexity index is 988. The minimum atomic E-state index is -0.784. The van der Waals surface area contributed by atoms with Gasteiger partial charge in [0.2, 0.25) is 0 Å². The van der Waals surface area contributed by atoms with Crippen LogP contribution >= 0.6 is 0 Å². The van der Waals surface area contributed by atoms with Gasteiger partial charge in [-0.05, 0) is 51.9 Å². The molecule has 0 aromatic rings. The van der Waals surface area contributed by atoms with E-state index in [2.05, 4.69) is 32.9 Å². The third kappa shape index (κ3) is 49.9. The molecule has 0 aromatic heterocycles. The number of unbranched alkanes of at least 4 members (excludes halogenated alkanes) is 39. The second-order valence-corrected chi connectivity index (χ2v) is 20.5. The molecule has 0 amide bonds. The molecule has 65 heavy (non-hydrogen) atoms. The van der Waals surface area contributed by atoms with Crippen molar-refractivity contribution in [3.8, 4) is 0 Å². The summed E-state index contributed by atoms with van der Waals surface area (Å²) in [5.41, 5.74) is -0.784. The molecule has 0 aliphatic carbocycles. The van der Waals surface area contributed by atoms with Crippen LogP contribution in [0.1, 0.15) is 323 Å². The molecular formula is C59H112O6. The first kappa shape index (κ1) is 63.1. The van der Waals surface area contributed by atoms with E-state index in [4.69, 9.17) is 14.2 Å². The molecule has 0 unspecified atom stereocenters. The summed E-state index contributed by atoms with van der Waals surface area (Å²) in [6, 6.07) is 0. The lowest BCUT2D eigenvalue weighted by molar-refractivity contribution is -0.160. The van der Waals surface area contributed by atoms with Crippen LogP contribution in [-0.4, -0.2) is 37.7 Å². The molecular weight excluding hydrogens is 805 g/mol. The molecule has 0 aliphatic heterocycles. The average Bonchev–Trinajstić information content (AvgIpc) is 3.30. The zero-order valence-corrected chi connectivity index (χ0v) is 44.3. The largest absolute Gasteiger partial charge is 0.465 e. The van der Waals surface area contributed by atoms with Gasteiger partial charge in [-0.15, -0.1) is 0 Å². The van der Waals surface area contributed by atoms with Gasteiger partial charge in [-0.25, -0.2) is 0 Å². The molecule has 0 radical (unpaired) electrons. The quantitative estimate of drug-likeness (QED) is 0.0262. The standard InChI is InChI=1S/C59H112O6/c1-5-8-11-14-17-20-23-26-29-32-35-38-41-44-47-50-56(60)63-53-59(4,54-64-57(61)51-48-45-42-39-36-33-30-27-24-21-18-15-12-9-6-2)55-65-58(62)52-49-46-43-40-37-34-31-28-25-22-19-16-13-10-7-3/h26,29H,5-25,27-28,30-55H2,1-4H3. The summed E-state index contributed by atoms with van der Waals surface area (Å²) < 4.78 is 17.2. The molecule has 0 aromatic carbocycles. The Balaban J connectivity index is 4.44. The maximum Gasteiger partial charge on any atom is 0.305 e. The predicted molar refractivity (Wildman–Crippen MR) is 280 cm³/mol. The van der Waals surface area contributed by atoms with Crippen molar-refractivity contribution in [3.63, 3.8) is 0 Å². The Morgan fingerprint density at radius 3 is 0.692 bits per heavy atom. The van der Waals surface area contributed by atoms with Crippen molar-refractivity contribution in [3.05, 3.63) is 12.2 Å². The van der Waals surface area contributed by atoms with Crippen molar-refractivity contribution in [2.45, 2.75) is 323 Å². The van der Waals surface area contributed by atoms with Crippen LogP contribution in [-0.2, 0) is 28.6 Å². The molecule has 0 rings (SSSR count). The van der Waals surface area contributed by atoms with Gasteiger partial charge in [0.25, 0.3) is 0 Å². The number of carbonyl (C=O) groups excluding carboxylic acids is 3. The fraction of sp³-hybridized carbons (Fsp3) is 0.915. The van der Waals surface area contributed by atoms with Crippen LogP contribution < -0.4 is 0 Å². The number of hydrogen-bond acceptors (Lipinski definition) is 6. The fourth-order valence-corrected chi connectivity index (χ4v) is 8.73. The van der Waals surface area contributed by atoms with Crippen LogP contribution in [0.3, 0.4) is 0 Å². The molecule has 0 bridgehead atoms. The van der Waals surface area contributed by atoms with E-state index >= 15 is 0 Å². The Morgan fingerprint density at radius 1 is 0.292 bits per heavy atom. The van der Waals surface area contributed by atoms with E-state index in [-0.39, 0.29) is 37.7 Å². The summed E-state index contributed by atoms with van der Waals surface area (Å²) in [6.45, 7) is 8.91. The van der Waals surface area contributed by atoms with Crippen LogP contribution in [0.2, 0.25) is 0 Å². The second kappa shape index (κ2) is 51.5. The molecule has 0 atom stereocenters. The third-order valence-corrected chi connectivity index (χ3v) is 13.4. The summed E-state index contributed by atoms with van der Waals surface area (Å²) in [5.74, 6) is -0.688. The maximum absolute atomic E-state index is 12.8. The lowest BCUT2D eigenvalue weighted by Gasteiger charge is -2.28. The van der Waals surface area contributed by atoms with Gasteiger partial charge in [0, 0.05) is 19.3 Å². The SMILES string of the molecule is CCCCCCCCC=CCCCCCCCC(=O)OCC(C)(COC(=O)CCCCCCCCCCCCCCCCC)COC(=O)CCCCCCCCCCCCCCCCC. The highest BCUT2D eigenvalue weighted by atomic mass is 16.6. The summed E-state index contributed by atoms with van der Waals surface area (Å²) >= 11 is 0. The fourth-order valence-electron chi connectivity index (χ4n) is 8.73. The Labute approximate surface area is 405 Å². The van der Waals surface area contributed by atoms with Gasteiger partial charge in [-0.3, -0.25) is 14.4 Å². The Kier molecular flexibility index (Phi) is 50.1. The highest BCUT2D eigenvalue weighted by Crippen LogP contribution is 2.22. The smallest absolute Gasteiger partial charge is 0.305 e. The number of allylic oxidation sites excluding steroid dienone is 2. The molecule has 6 nitrogen and oxygen atoms in total. The van der Waals surface area contributed by atoms with E-state index < -0.39 is 5.41 Å². The van der Waals surface area contributed by atoms with E-state index in [1.165, 1.54) is 212 Å². The number of carbonyl (C=O) groups is 3. The second-order valence-electron chi connectivity index (χ2n) is 20.5. The van der Waals surface area contributed by atoms with Crippen molar-refractivity contribution in [2.75, 3.05) is 19.8 Å². The maximum atomic E-state index is 12.8. The molecule has 0 spiro atoms. The minimum Gasteiger partial charge on any atom is -0.465 e. The first-order valence-electron chi connectivity index (χ1n) is 29.0. The van der Waals surface area contributed by atoms with E-state index in [1.54, 1.807) is 0 Å². The molecule has 0 N–H and O–H groups in total. The first-order chi connectivity index (χ1) is 31.9. The normalized spacial score (nSPS) is 11.8. The molecule has 0 heterocycles. The van der Waals surface area contributed by atoms with Gasteiger partial charge in [-0.1, -0.05) is 264 Å². The summed E-state index contributed by atoms with van der Waals surface area (Å²) in [6.07, 6.45) is 60.2. The highest BCUT2D eigenvalue weighted by Gasteiger charge is 2.31. The van der Waals surface area contributed by atoms with Crippen molar-refractivity contribution in [1.82, 2.24) is 0 Å². The van der Waals surface area contributed by atoms with Crippen LogP contribution in [0.15, 0.2) is 12.2 Å². The van der Waals surface area contributed by atoms with E-state index in [0.29, 0.717) is 19.3 Å². The topological polar surface area (TPSA) is 78.9 Å². The number of esters is 3. The Hall–Kier alpha value is -1.85. The molecule has 0 aliphatic rings. The van der Waals surface area contributed by atoms with Crippen LogP contribution in [0.5, 0.6) is 0 Å². The number of ether oxygens (including phenoxy) is 3. The van der Waals surface area contributed by atoms with Crippen LogP contribution in [0, 0.1) is 5.41 Å². The zero-order valence-electron chi connectivity index (χ0n) is 44.3. The first-order valence-corrected chi connectivity index (χ1v) is 29.0. The molecule has 0 saturated heterocycles. The van der Waals surface area contributed by atoms with Gasteiger partial charge in [0.1, 0.15) is 19.8 Å². The third-order valence-electron chi connectivity index (χ3n) is 13.4. The van der Waals surface area contributed by atoms with Gasteiger partial charge in [-0.2, -0.15) is 0 Å². The molecule has 384 valence electrons. The lowest BCUT2D eigenvalue weighted by Crippen LogP contribution is -2.37. The summed E-state index contributed by atoms with van der Waals surface area (Å²) in [5, 5.41) is 0.